The van der Waals surface area contributed by atoms with Gasteiger partial charge in [-0.25, -0.2) is 4.79 Å². The van der Waals surface area contributed by atoms with Crippen LogP contribution in [0.25, 0.3) is 6.08 Å². The molecular formula is C20H19NO5. The van der Waals surface area contributed by atoms with Crippen LogP contribution >= 0.6 is 0 Å². The number of phenols is 1. The Morgan fingerprint density at radius 3 is 2.69 bits per heavy atom. The number of methoxy groups -OCH3 is 2. The van der Waals surface area contributed by atoms with Gasteiger partial charge in [0.1, 0.15) is 6.04 Å². The van der Waals surface area contributed by atoms with Crippen molar-refractivity contribution in [2.75, 3.05) is 19.1 Å². The molecule has 2 aromatic carbocycles. The Labute approximate surface area is 151 Å². The van der Waals surface area contributed by atoms with E-state index < -0.39 is 12.0 Å². The zero-order chi connectivity index (χ0) is 18.7. The molecule has 1 N–H and O–H groups in total. The number of nitrogens with zero attached hydrogens (tertiary/aromatic N) is 1. The Morgan fingerprint density at radius 1 is 1.19 bits per heavy atom. The molecule has 0 fully saturated rings. The largest absolute Gasteiger partial charge is 0.504 e. The van der Waals surface area contributed by atoms with Crippen molar-refractivity contribution in [3.8, 4) is 11.5 Å². The maximum atomic E-state index is 12.8. The standard InChI is InChI=1S/C20H19NO5/c1-25-18-11-13(7-9-17(18)22)8-10-19(23)21-15-6-4-3-5-14(15)12-16(21)20(24)26-2/h3-11,16,22H,12H2,1-2H3/b10-8+/t16-/m1/s1. The van der Waals surface area contributed by atoms with Crippen LogP contribution < -0.4 is 9.64 Å². The minimum atomic E-state index is -0.677. The highest BCUT2D eigenvalue weighted by Crippen LogP contribution is 2.33. The number of ether oxygens (including phenoxy) is 2. The smallest absolute Gasteiger partial charge is 0.329 e. The van der Waals surface area contributed by atoms with Crippen LogP contribution in [0.15, 0.2) is 48.5 Å². The number of aromatic hydroxyl groups is 1. The summed E-state index contributed by atoms with van der Waals surface area (Å²) in [5.74, 6) is -0.430. The van der Waals surface area contributed by atoms with E-state index in [4.69, 9.17) is 9.47 Å². The first-order valence-corrected chi connectivity index (χ1v) is 8.09. The SMILES string of the molecule is COC(=O)[C@H]1Cc2ccccc2N1C(=O)/C=C/c1ccc(O)c(OC)c1. The number of rotatable bonds is 4. The van der Waals surface area contributed by atoms with E-state index in [9.17, 15) is 14.7 Å². The lowest BCUT2D eigenvalue weighted by Crippen LogP contribution is -2.42. The summed E-state index contributed by atoms with van der Waals surface area (Å²) in [6.07, 6.45) is 3.43. The third kappa shape index (κ3) is 3.26. The van der Waals surface area contributed by atoms with Crippen molar-refractivity contribution in [2.24, 2.45) is 0 Å². The summed E-state index contributed by atoms with van der Waals surface area (Å²) in [5.41, 5.74) is 2.33. The molecule has 1 aliphatic heterocycles. The molecule has 0 aliphatic carbocycles. The number of fused-ring (bicyclic) bond motifs is 1. The Hall–Kier alpha value is -3.28. The molecule has 134 valence electrons. The van der Waals surface area contributed by atoms with Crippen LogP contribution in [0.2, 0.25) is 0 Å². The quantitative estimate of drug-likeness (QED) is 0.675. The molecule has 3 rings (SSSR count). The lowest BCUT2D eigenvalue weighted by molar-refractivity contribution is -0.143. The summed E-state index contributed by atoms with van der Waals surface area (Å²) in [6.45, 7) is 0. The highest BCUT2D eigenvalue weighted by molar-refractivity contribution is 6.09. The van der Waals surface area contributed by atoms with Gasteiger partial charge in [0.15, 0.2) is 11.5 Å². The second-order valence-electron chi connectivity index (χ2n) is 5.84. The van der Waals surface area contributed by atoms with E-state index in [0.29, 0.717) is 23.4 Å². The van der Waals surface area contributed by atoms with Gasteiger partial charge < -0.3 is 14.6 Å². The molecule has 6 nitrogen and oxygen atoms in total. The Balaban J connectivity index is 1.88. The van der Waals surface area contributed by atoms with Gasteiger partial charge in [0.2, 0.25) is 0 Å². The molecule has 26 heavy (non-hydrogen) atoms. The molecule has 1 amide bonds. The van der Waals surface area contributed by atoms with Crippen molar-refractivity contribution in [2.45, 2.75) is 12.5 Å². The van der Waals surface area contributed by atoms with Crippen LogP contribution in [-0.2, 0) is 20.7 Å². The molecule has 0 radical (unpaired) electrons. The van der Waals surface area contributed by atoms with Gasteiger partial charge in [0.05, 0.1) is 14.2 Å². The van der Waals surface area contributed by atoms with Gasteiger partial charge >= 0.3 is 5.97 Å². The van der Waals surface area contributed by atoms with Crippen molar-refractivity contribution >= 4 is 23.6 Å². The molecule has 0 saturated heterocycles. The van der Waals surface area contributed by atoms with Crippen molar-refractivity contribution in [3.05, 3.63) is 59.7 Å². The van der Waals surface area contributed by atoms with Gasteiger partial charge in [-0.15, -0.1) is 0 Å². The monoisotopic (exact) mass is 353 g/mol. The summed E-state index contributed by atoms with van der Waals surface area (Å²) in [5, 5.41) is 9.64. The van der Waals surface area contributed by atoms with Gasteiger partial charge in [-0.05, 0) is 35.4 Å². The summed E-state index contributed by atoms with van der Waals surface area (Å²) in [4.78, 5) is 26.3. The fourth-order valence-corrected chi connectivity index (χ4v) is 3.03. The number of amides is 1. The molecule has 0 bridgehead atoms. The summed E-state index contributed by atoms with van der Waals surface area (Å²) < 4.78 is 9.91. The molecule has 1 aliphatic rings. The van der Waals surface area contributed by atoms with Crippen LogP contribution in [0, 0.1) is 0 Å². The second kappa shape index (κ2) is 7.31. The average molecular weight is 353 g/mol. The first-order valence-electron chi connectivity index (χ1n) is 8.09. The highest BCUT2D eigenvalue weighted by Gasteiger charge is 2.38. The summed E-state index contributed by atoms with van der Waals surface area (Å²) in [7, 11) is 2.77. The first-order chi connectivity index (χ1) is 12.5. The van der Waals surface area contributed by atoms with E-state index in [-0.39, 0.29) is 11.7 Å². The van der Waals surface area contributed by atoms with Crippen LogP contribution in [-0.4, -0.2) is 37.2 Å². The van der Waals surface area contributed by atoms with Crippen molar-refractivity contribution in [1.82, 2.24) is 0 Å². The van der Waals surface area contributed by atoms with E-state index in [1.54, 1.807) is 18.2 Å². The Bertz CT molecular complexity index is 874. The summed E-state index contributed by atoms with van der Waals surface area (Å²) in [6, 6.07) is 11.5. The topological polar surface area (TPSA) is 76.1 Å². The van der Waals surface area contributed by atoms with Gasteiger partial charge in [-0.2, -0.15) is 0 Å². The van der Waals surface area contributed by atoms with Crippen LogP contribution in [0.3, 0.4) is 0 Å². The predicted molar refractivity (Wildman–Crippen MR) is 97.1 cm³/mol. The number of para-hydroxylation sites is 1. The normalized spacial score (nSPS) is 15.8. The molecule has 0 aromatic heterocycles. The molecule has 0 saturated carbocycles. The number of esters is 1. The fraction of sp³-hybridized carbons (Fsp3) is 0.200. The van der Waals surface area contributed by atoms with E-state index in [1.165, 1.54) is 31.3 Å². The van der Waals surface area contributed by atoms with E-state index in [2.05, 4.69) is 0 Å². The molecular weight excluding hydrogens is 334 g/mol. The van der Waals surface area contributed by atoms with E-state index >= 15 is 0 Å². The third-order valence-corrected chi connectivity index (χ3v) is 4.31. The Kier molecular flexibility index (Phi) is 4.93. The number of hydrogen-bond acceptors (Lipinski definition) is 5. The number of carbonyl (C=O) groups excluding carboxylic acids is 2. The fourth-order valence-electron chi connectivity index (χ4n) is 3.03. The van der Waals surface area contributed by atoms with Crippen LogP contribution in [0.1, 0.15) is 11.1 Å². The highest BCUT2D eigenvalue weighted by atomic mass is 16.5. The minimum absolute atomic E-state index is 0.0233. The van der Waals surface area contributed by atoms with Gasteiger partial charge in [-0.3, -0.25) is 9.69 Å². The van der Waals surface area contributed by atoms with Gasteiger partial charge in [0.25, 0.3) is 5.91 Å². The third-order valence-electron chi connectivity index (χ3n) is 4.31. The molecule has 1 atom stereocenters. The number of benzene rings is 2. The number of anilines is 1. The van der Waals surface area contributed by atoms with Crippen molar-refractivity contribution in [1.29, 1.82) is 0 Å². The van der Waals surface area contributed by atoms with E-state index in [1.807, 2.05) is 24.3 Å². The first kappa shape index (κ1) is 17.5. The molecule has 1 heterocycles. The predicted octanol–water partition coefficient (Wildman–Crippen LogP) is 2.54. The number of hydrogen-bond donors (Lipinski definition) is 1. The second-order valence-corrected chi connectivity index (χ2v) is 5.84. The van der Waals surface area contributed by atoms with Crippen LogP contribution in [0.5, 0.6) is 11.5 Å². The Morgan fingerprint density at radius 2 is 1.96 bits per heavy atom. The maximum Gasteiger partial charge on any atom is 0.329 e. The van der Waals surface area contributed by atoms with Gasteiger partial charge in [0, 0.05) is 18.2 Å². The molecule has 2 aromatic rings. The van der Waals surface area contributed by atoms with Crippen molar-refractivity contribution < 1.29 is 24.2 Å². The average Bonchev–Trinajstić information content (AvgIpc) is 3.06. The molecule has 0 spiro atoms. The molecule has 0 unspecified atom stereocenters. The van der Waals surface area contributed by atoms with E-state index in [0.717, 1.165) is 5.56 Å². The molecule has 6 heteroatoms. The zero-order valence-electron chi connectivity index (χ0n) is 14.5. The minimum Gasteiger partial charge on any atom is -0.504 e. The number of carbonyl (C=O) groups is 2. The summed E-state index contributed by atoms with van der Waals surface area (Å²) >= 11 is 0. The maximum absolute atomic E-state index is 12.8. The number of phenolic OH excluding ortho intramolecular Hbond substituents is 1. The van der Waals surface area contributed by atoms with Gasteiger partial charge in [-0.1, -0.05) is 24.3 Å². The zero-order valence-corrected chi connectivity index (χ0v) is 14.5. The van der Waals surface area contributed by atoms with Crippen LogP contribution in [0.4, 0.5) is 5.69 Å². The van der Waals surface area contributed by atoms with Crippen molar-refractivity contribution in [3.63, 3.8) is 0 Å². The lowest BCUT2D eigenvalue weighted by atomic mass is 10.1. The lowest BCUT2D eigenvalue weighted by Gasteiger charge is -2.22.